The summed E-state index contributed by atoms with van der Waals surface area (Å²) in [5, 5.41) is 0. The van der Waals surface area contributed by atoms with E-state index in [0.29, 0.717) is 37.3 Å². The highest BCUT2D eigenvalue weighted by molar-refractivity contribution is 7.90. The van der Waals surface area contributed by atoms with Gasteiger partial charge in [0.15, 0.2) is 5.84 Å². The molecule has 2 fully saturated rings. The molecule has 0 saturated carbocycles. The van der Waals surface area contributed by atoms with Crippen molar-refractivity contribution in [3.8, 4) is 0 Å². The minimum absolute atomic E-state index is 0.00102. The number of hydrogen-bond acceptors (Lipinski definition) is 5. The number of carbonyl (C=O) groups excluding carboxylic acids is 2. The Morgan fingerprint density at radius 3 is 2.40 bits per heavy atom. The van der Waals surface area contributed by atoms with Gasteiger partial charge in [-0.05, 0) is 44.2 Å². The molecule has 3 heterocycles. The predicted octanol–water partition coefficient (Wildman–Crippen LogP) is 1.32. The number of rotatable bonds is 3. The molecule has 0 spiro atoms. The van der Waals surface area contributed by atoms with Gasteiger partial charge in [0.25, 0.3) is 10.0 Å². The number of benzene rings is 1. The zero-order valence-corrected chi connectivity index (χ0v) is 18.1. The number of fused-ring (bicyclic) bond motifs is 1. The first-order chi connectivity index (χ1) is 14.4. The first kappa shape index (κ1) is 20.8. The van der Waals surface area contributed by atoms with Crippen LogP contribution in [0, 0.1) is 5.92 Å². The van der Waals surface area contributed by atoms with Crippen LogP contribution in [0.25, 0.3) is 0 Å². The second-order valence-electron chi connectivity index (χ2n) is 8.28. The van der Waals surface area contributed by atoms with E-state index in [2.05, 4.69) is 4.40 Å². The van der Waals surface area contributed by atoms with Gasteiger partial charge in [0.1, 0.15) is 4.90 Å². The van der Waals surface area contributed by atoms with Crippen molar-refractivity contribution in [2.24, 2.45) is 10.3 Å². The molecule has 162 valence electrons. The molecule has 30 heavy (non-hydrogen) atoms. The molecule has 9 heteroatoms. The van der Waals surface area contributed by atoms with Gasteiger partial charge in [-0.25, -0.2) is 0 Å². The quantitative estimate of drug-likeness (QED) is 0.719. The zero-order chi connectivity index (χ0) is 21.3. The van der Waals surface area contributed by atoms with Crippen LogP contribution in [0.15, 0.2) is 33.6 Å². The first-order valence-corrected chi connectivity index (χ1v) is 12.0. The van der Waals surface area contributed by atoms with Crippen molar-refractivity contribution in [1.82, 2.24) is 14.7 Å². The van der Waals surface area contributed by atoms with Crippen molar-refractivity contribution < 1.29 is 18.0 Å². The lowest BCUT2D eigenvalue weighted by Gasteiger charge is -2.36. The molecule has 1 aromatic carbocycles. The first-order valence-electron chi connectivity index (χ1n) is 10.6. The third kappa shape index (κ3) is 4.08. The number of likely N-dealkylation sites (tertiary alicyclic amines) is 2. The molecule has 3 aliphatic heterocycles. The van der Waals surface area contributed by atoms with Gasteiger partial charge in [0.2, 0.25) is 11.8 Å². The summed E-state index contributed by atoms with van der Waals surface area (Å²) >= 11 is 0. The average Bonchev–Trinajstić information content (AvgIpc) is 3.05. The van der Waals surface area contributed by atoms with Gasteiger partial charge in [-0.2, -0.15) is 8.42 Å². The molecule has 8 nitrogen and oxygen atoms in total. The Hall–Kier alpha value is -2.42. The van der Waals surface area contributed by atoms with Gasteiger partial charge in [-0.1, -0.05) is 12.1 Å². The maximum Gasteiger partial charge on any atom is 0.285 e. The lowest BCUT2D eigenvalue weighted by molar-refractivity contribution is -0.141. The molecule has 2 amide bonds. The van der Waals surface area contributed by atoms with Gasteiger partial charge in [-0.15, -0.1) is 4.40 Å². The molecule has 0 radical (unpaired) electrons. The zero-order valence-electron chi connectivity index (χ0n) is 17.3. The number of hydrogen-bond donors (Lipinski definition) is 0. The average molecular weight is 433 g/mol. The van der Waals surface area contributed by atoms with E-state index in [4.69, 9.17) is 0 Å². The highest BCUT2D eigenvalue weighted by Crippen LogP contribution is 2.27. The van der Waals surface area contributed by atoms with Gasteiger partial charge < -0.3 is 14.7 Å². The predicted molar refractivity (Wildman–Crippen MR) is 113 cm³/mol. The van der Waals surface area contributed by atoms with Crippen molar-refractivity contribution in [3.05, 3.63) is 29.8 Å². The number of amides is 2. The maximum atomic E-state index is 12.8. The summed E-state index contributed by atoms with van der Waals surface area (Å²) < 4.78 is 28.3. The summed E-state index contributed by atoms with van der Waals surface area (Å²) in [6.45, 7) is 2.87. The molecule has 1 aromatic rings. The third-order valence-corrected chi connectivity index (χ3v) is 7.54. The molecule has 0 bridgehead atoms. The lowest BCUT2D eigenvalue weighted by atomic mass is 9.94. The fourth-order valence-corrected chi connectivity index (χ4v) is 5.74. The summed E-state index contributed by atoms with van der Waals surface area (Å²) in [7, 11) is -2.03. The van der Waals surface area contributed by atoms with Crippen molar-refractivity contribution in [2.75, 3.05) is 39.8 Å². The van der Waals surface area contributed by atoms with Crippen LogP contribution in [-0.2, 0) is 19.6 Å². The van der Waals surface area contributed by atoms with E-state index in [9.17, 15) is 18.0 Å². The summed E-state index contributed by atoms with van der Waals surface area (Å²) in [5.74, 6) is 0.460. The van der Waals surface area contributed by atoms with Gasteiger partial charge >= 0.3 is 0 Å². The lowest BCUT2D eigenvalue weighted by Crippen LogP contribution is -2.48. The Bertz CT molecular complexity index is 961. The molecular weight excluding hydrogens is 404 g/mol. The number of carbonyl (C=O) groups is 2. The van der Waals surface area contributed by atoms with Gasteiger partial charge in [0, 0.05) is 44.7 Å². The summed E-state index contributed by atoms with van der Waals surface area (Å²) in [4.78, 5) is 31.0. The Morgan fingerprint density at radius 1 is 1.03 bits per heavy atom. The SMILES string of the molecule is CN(CC(=O)N1CCC(C(=O)N2CCCCC2)CC1)C1=NS(=O)(=O)c2ccccc21. The van der Waals surface area contributed by atoms with E-state index in [1.165, 1.54) is 12.5 Å². The number of piperidine rings is 2. The molecule has 3 aliphatic rings. The molecule has 0 atom stereocenters. The third-order valence-electron chi connectivity index (χ3n) is 6.21. The van der Waals surface area contributed by atoms with Crippen LogP contribution < -0.4 is 0 Å². The fraction of sp³-hybridized carbons (Fsp3) is 0.571. The smallest absolute Gasteiger partial charge is 0.285 e. The van der Waals surface area contributed by atoms with E-state index in [0.717, 1.165) is 25.9 Å². The molecule has 0 unspecified atom stereocenters. The molecule has 0 N–H and O–H groups in total. The largest absolute Gasteiger partial charge is 0.349 e. The summed E-state index contributed by atoms with van der Waals surface area (Å²) in [5.41, 5.74) is 0.527. The summed E-state index contributed by atoms with van der Waals surface area (Å²) in [6.07, 6.45) is 4.73. The van der Waals surface area contributed by atoms with E-state index in [1.807, 2.05) is 4.90 Å². The standard InChI is InChI=1S/C21H28N4O4S/c1-23(20-17-7-3-4-8-18(17)30(28,29)22-20)15-19(26)24-13-9-16(10-14-24)21(27)25-11-5-2-6-12-25/h3-4,7-8,16H,2,5-6,9-15H2,1H3. The molecule has 0 aliphatic carbocycles. The number of nitrogens with zero attached hydrogens (tertiary/aromatic N) is 4. The molecule has 0 aromatic heterocycles. The van der Waals surface area contributed by atoms with E-state index >= 15 is 0 Å². The van der Waals surface area contributed by atoms with Crippen molar-refractivity contribution in [1.29, 1.82) is 0 Å². The van der Waals surface area contributed by atoms with Crippen LogP contribution >= 0.6 is 0 Å². The topological polar surface area (TPSA) is 90.4 Å². The highest BCUT2D eigenvalue weighted by atomic mass is 32.2. The Kier molecular flexibility index (Phi) is 5.81. The van der Waals surface area contributed by atoms with Crippen molar-refractivity contribution in [3.63, 3.8) is 0 Å². The van der Waals surface area contributed by atoms with Crippen molar-refractivity contribution >= 4 is 27.7 Å². The molecular formula is C21H28N4O4S. The molecule has 2 saturated heterocycles. The highest BCUT2D eigenvalue weighted by Gasteiger charge is 2.33. The van der Waals surface area contributed by atoms with Crippen LogP contribution in [0.4, 0.5) is 0 Å². The Labute approximate surface area is 177 Å². The second-order valence-corrected chi connectivity index (χ2v) is 9.86. The molecule has 4 rings (SSSR count). The van der Waals surface area contributed by atoms with Gasteiger partial charge in [0.05, 0.1) is 6.54 Å². The van der Waals surface area contributed by atoms with E-state index < -0.39 is 10.0 Å². The normalized spacial score (nSPS) is 21.2. The van der Waals surface area contributed by atoms with Crippen LogP contribution in [0.1, 0.15) is 37.7 Å². The van der Waals surface area contributed by atoms with Gasteiger partial charge in [-0.3, -0.25) is 9.59 Å². The van der Waals surface area contributed by atoms with Crippen LogP contribution in [0.2, 0.25) is 0 Å². The summed E-state index contributed by atoms with van der Waals surface area (Å²) in [6, 6.07) is 6.66. The van der Waals surface area contributed by atoms with E-state index in [1.54, 1.807) is 35.0 Å². The second kappa shape index (κ2) is 8.37. The van der Waals surface area contributed by atoms with Crippen LogP contribution in [0.3, 0.4) is 0 Å². The maximum absolute atomic E-state index is 12.8. The minimum atomic E-state index is -3.71. The van der Waals surface area contributed by atoms with Crippen LogP contribution in [0.5, 0.6) is 0 Å². The fourth-order valence-electron chi connectivity index (χ4n) is 4.49. The minimum Gasteiger partial charge on any atom is -0.349 e. The van der Waals surface area contributed by atoms with Crippen molar-refractivity contribution in [2.45, 2.75) is 37.0 Å². The Balaban J connectivity index is 1.34. The van der Waals surface area contributed by atoms with Crippen LogP contribution in [-0.4, -0.2) is 80.5 Å². The number of sulfonamides is 1. The van der Waals surface area contributed by atoms with E-state index in [-0.39, 0.29) is 29.2 Å². The monoisotopic (exact) mass is 432 g/mol. The Morgan fingerprint density at radius 2 is 1.70 bits per heavy atom. The number of likely N-dealkylation sites (N-methyl/N-ethyl adjacent to an activating group) is 1. The number of amidine groups is 1.